The fraction of sp³-hybridized carbons (Fsp3) is 0.579. The van der Waals surface area contributed by atoms with Crippen molar-refractivity contribution in [2.45, 2.75) is 25.7 Å². The summed E-state index contributed by atoms with van der Waals surface area (Å²) in [7, 11) is 5.08. The van der Waals surface area contributed by atoms with Gasteiger partial charge in [-0.25, -0.2) is 4.99 Å². The maximum absolute atomic E-state index is 11.9. The molecule has 0 aromatic heterocycles. The maximum Gasteiger partial charge on any atom is 0.241 e. The summed E-state index contributed by atoms with van der Waals surface area (Å²) in [5, 5.41) is 6.32. The Balaban J connectivity index is 1.93. The molecule has 1 aromatic rings. The summed E-state index contributed by atoms with van der Waals surface area (Å²) in [4.78, 5) is 18.0. The van der Waals surface area contributed by atoms with E-state index in [9.17, 15) is 4.79 Å². The number of nitrogens with zero attached hydrogens (tertiary/aromatic N) is 2. The Morgan fingerprint density at radius 1 is 1.22 bits per heavy atom. The number of ether oxygens (including phenoxy) is 3. The SMILES string of the molecule is COc1ccc(CN=C(NCCC2(C)OCCO2)NCC(=O)N(C)C)cc1. The Labute approximate surface area is 160 Å². The number of hydrogen-bond acceptors (Lipinski definition) is 5. The van der Waals surface area contributed by atoms with Gasteiger partial charge in [0.05, 0.1) is 33.4 Å². The van der Waals surface area contributed by atoms with Gasteiger partial charge in [0.1, 0.15) is 5.75 Å². The second kappa shape index (κ2) is 10.1. The van der Waals surface area contributed by atoms with E-state index in [2.05, 4.69) is 15.6 Å². The van der Waals surface area contributed by atoms with Gasteiger partial charge in [-0.3, -0.25) is 4.79 Å². The lowest BCUT2D eigenvalue weighted by Crippen LogP contribution is -2.44. The summed E-state index contributed by atoms with van der Waals surface area (Å²) < 4.78 is 16.4. The average Bonchev–Trinajstić information content (AvgIpc) is 3.10. The first kappa shape index (κ1) is 21.0. The maximum atomic E-state index is 11.9. The molecule has 2 rings (SSSR count). The number of methoxy groups -OCH3 is 1. The van der Waals surface area contributed by atoms with Crippen LogP contribution in [-0.2, 0) is 20.8 Å². The number of carbonyl (C=O) groups excluding carboxylic acids is 1. The second-order valence-corrected chi connectivity index (χ2v) is 6.66. The van der Waals surface area contributed by atoms with E-state index in [0.29, 0.717) is 38.7 Å². The number of benzene rings is 1. The van der Waals surface area contributed by atoms with Crippen molar-refractivity contribution < 1.29 is 19.0 Å². The molecule has 0 aliphatic carbocycles. The van der Waals surface area contributed by atoms with Gasteiger partial charge in [0, 0.05) is 27.1 Å². The predicted octanol–water partition coefficient (Wildman–Crippen LogP) is 0.972. The Bertz CT molecular complexity index is 625. The van der Waals surface area contributed by atoms with E-state index in [1.807, 2.05) is 31.2 Å². The molecule has 1 saturated heterocycles. The van der Waals surface area contributed by atoms with Crippen LogP contribution in [0.25, 0.3) is 0 Å². The number of aliphatic imine (C=N–C) groups is 1. The van der Waals surface area contributed by atoms with Gasteiger partial charge in [-0.2, -0.15) is 0 Å². The van der Waals surface area contributed by atoms with Crippen molar-refractivity contribution in [3.05, 3.63) is 29.8 Å². The largest absolute Gasteiger partial charge is 0.497 e. The summed E-state index contributed by atoms with van der Waals surface area (Å²) in [5.74, 6) is 0.791. The van der Waals surface area contributed by atoms with Crippen molar-refractivity contribution in [3.8, 4) is 5.75 Å². The highest BCUT2D eigenvalue weighted by atomic mass is 16.7. The van der Waals surface area contributed by atoms with Gasteiger partial charge in [-0.15, -0.1) is 0 Å². The number of nitrogens with one attached hydrogen (secondary N) is 2. The molecule has 1 aromatic carbocycles. The molecular weight excluding hydrogens is 348 g/mol. The summed E-state index contributed by atoms with van der Waals surface area (Å²) in [6.07, 6.45) is 0.678. The smallest absolute Gasteiger partial charge is 0.241 e. The van der Waals surface area contributed by atoms with E-state index in [1.165, 1.54) is 4.90 Å². The fourth-order valence-corrected chi connectivity index (χ4v) is 2.50. The molecule has 0 radical (unpaired) electrons. The molecule has 1 fully saturated rings. The van der Waals surface area contributed by atoms with Crippen LogP contribution in [0.5, 0.6) is 5.75 Å². The first-order valence-electron chi connectivity index (χ1n) is 9.05. The first-order valence-corrected chi connectivity index (χ1v) is 9.05. The third-order valence-electron chi connectivity index (χ3n) is 4.25. The van der Waals surface area contributed by atoms with Crippen molar-refractivity contribution in [3.63, 3.8) is 0 Å². The minimum atomic E-state index is -0.562. The van der Waals surface area contributed by atoms with Crippen molar-refractivity contribution in [1.82, 2.24) is 15.5 Å². The lowest BCUT2D eigenvalue weighted by molar-refractivity contribution is -0.145. The van der Waals surface area contributed by atoms with Crippen LogP contribution < -0.4 is 15.4 Å². The zero-order chi connectivity index (χ0) is 19.7. The molecule has 2 N–H and O–H groups in total. The zero-order valence-corrected chi connectivity index (χ0v) is 16.6. The van der Waals surface area contributed by atoms with Gasteiger partial charge in [-0.05, 0) is 24.6 Å². The van der Waals surface area contributed by atoms with E-state index in [-0.39, 0.29) is 12.5 Å². The number of likely N-dealkylation sites (N-methyl/N-ethyl adjacent to an activating group) is 1. The van der Waals surface area contributed by atoms with Crippen LogP contribution in [0, 0.1) is 0 Å². The number of amides is 1. The molecule has 27 heavy (non-hydrogen) atoms. The number of hydrogen-bond donors (Lipinski definition) is 2. The highest BCUT2D eigenvalue weighted by molar-refractivity contribution is 5.86. The molecule has 8 nitrogen and oxygen atoms in total. The number of guanidine groups is 1. The molecule has 0 atom stereocenters. The highest BCUT2D eigenvalue weighted by Gasteiger charge is 2.30. The van der Waals surface area contributed by atoms with Gasteiger partial charge >= 0.3 is 0 Å². The second-order valence-electron chi connectivity index (χ2n) is 6.66. The van der Waals surface area contributed by atoms with Crippen molar-refractivity contribution in [2.24, 2.45) is 4.99 Å². The van der Waals surface area contributed by atoms with E-state index in [4.69, 9.17) is 14.2 Å². The quantitative estimate of drug-likeness (QED) is 0.518. The minimum Gasteiger partial charge on any atom is -0.497 e. The molecule has 0 bridgehead atoms. The highest BCUT2D eigenvalue weighted by Crippen LogP contribution is 2.21. The lowest BCUT2D eigenvalue weighted by Gasteiger charge is -2.23. The average molecular weight is 378 g/mol. The summed E-state index contributed by atoms with van der Waals surface area (Å²) in [6.45, 7) is 4.43. The number of carbonyl (C=O) groups is 1. The molecule has 1 aliphatic heterocycles. The molecular formula is C19H30N4O4. The van der Waals surface area contributed by atoms with Crippen molar-refractivity contribution >= 4 is 11.9 Å². The monoisotopic (exact) mass is 378 g/mol. The summed E-state index contributed by atoms with van der Waals surface area (Å²) >= 11 is 0. The Morgan fingerprint density at radius 2 is 1.89 bits per heavy atom. The molecule has 0 saturated carbocycles. The Hall–Kier alpha value is -2.32. The molecule has 1 heterocycles. The topological polar surface area (TPSA) is 84.4 Å². The Morgan fingerprint density at radius 3 is 2.48 bits per heavy atom. The first-order chi connectivity index (χ1) is 12.9. The molecule has 0 spiro atoms. The van der Waals surface area contributed by atoms with Crippen LogP contribution in [-0.4, -0.2) is 70.1 Å². The van der Waals surface area contributed by atoms with E-state index < -0.39 is 5.79 Å². The molecule has 1 amide bonds. The van der Waals surface area contributed by atoms with Crippen LogP contribution in [0.4, 0.5) is 0 Å². The molecule has 8 heteroatoms. The molecule has 150 valence electrons. The van der Waals surface area contributed by atoms with Crippen molar-refractivity contribution in [1.29, 1.82) is 0 Å². The predicted molar refractivity (Wildman–Crippen MR) is 104 cm³/mol. The fourth-order valence-electron chi connectivity index (χ4n) is 2.50. The number of rotatable bonds is 8. The van der Waals surface area contributed by atoms with Crippen LogP contribution >= 0.6 is 0 Å². The van der Waals surface area contributed by atoms with Gasteiger partial charge in [-0.1, -0.05) is 12.1 Å². The minimum absolute atomic E-state index is 0.0247. The third-order valence-corrected chi connectivity index (χ3v) is 4.25. The van der Waals surface area contributed by atoms with Gasteiger partial charge in [0.15, 0.2) is 11.7 Å². The summed E-state index contributed by atoms with van der Waals surface area (Å²) in [6, 6.07) is 7.73. The summed E-state index contributed by atoms with van der Waals surface area (Å²) in [5.41, 5.74) is 1.05. The van der Waals surface area contributed by atoms with E-state index in [1.54, 1.807) is 21.2 Å². The van der Waals surface area contributed by atoms with E-state index >= 15 is 0 Å². The normalized spacial score (nSPS) is 16.1. The van der Waals surface area contributed by atoms with Crippen LogP contribution in [0.3, 0.4) is 0 Å². The lowest BCUT2D eigenvalue weighted by atomic mass is 10.2. The van der Waals surface area contributed by atoms with Crippen LogP contribution in [0.1, 0.15) is 18.9 Å². The van der Waals surface area contributed by atoms with Crippen LogP contribution in [0.2, 0.25) is 0 Å². The zero-order valence-electron chi connectivity index (χ0n) is 16.6. The van der Waals surface area contributed by atoms with Crippen LogP contribution in [0.15, 0.2) is 29.3 Å². The Kier molecular flexibility index (Phi) is 7.87. The standard InChI is InChI=1S/C19H30N4O4/c1-19(26-11-12-27-19)9-10-20-18(22-14-17(24)23(2)3)21-13-15-5-7-16(25-4)8-6-15/h5-8H,9-14H2,1-4H3,(H2,20,21,22). The molecule has 0 unspecified atom stereocenters. The van der Waals surface area contributed by atoms with E-state index in [0.717, 1.165) is 11.3 Å². The van der Waals surface area contributed by atoms with Gasteiger partial charge in [0.2, 0.25) is 5.91 Å². The molecule has 1 aliphatic rings. The van der Waals surface area contributed by atoms with Crippen molar-refractivity contribution in [2.75, 3.05) is 47.5 Å². The third kappa shape index (κ3) is 7.07. The van der Waals surface area contributed by atoms with Gasteiger partial charge < -0.3 is 29.7 Å². The van der Waals surface area contributed by atoms with Gasteiger partial charge in [0.25, 0.3) is 0 Å².